The Morgan fingerprint density at radius 1 is 0.953 bits per heavy atom. The van der Waals surface area contributed by atoms with Crippen molar-refractivity contribution >= 4 is 40.4 Å². The smallest absolute Gasteiger partial charge is 0.343 e. The molecule has 0 spiro atoms. The van der Waals surface area contributed by atoms with Crippen molar-refractivity contribution in [3.05, 3.63) is 118 Å². The van der Waals surface area contributed by atoms with Crippen LogP contribution in [0, 0.1) is 10.1 Å². The number of carbonyl (C=O) groups excluding carboxylic acids is 2. The lowest BCUT2D eigenvalue weighted by atomic mass is 10.0. The van der Waals surface area contributed by atoms with Gasteiger partial charge in [0.15, 0.2) is 11.5 Å². The lowest BCUT2D eigenvalue weighted by Crippen LogP contribution is -2.18. The van der Waals surface area contributed by atoms with Crippen molar-refractivity contribution in [2.75, 3.05) is 26.1 Å². The number of H-pyrrole nitrogens is 1. The molecule has 0 aliphatic heterocycles. The predicted octanol–water partition coefficient (Wildman–Crippen LogP) is 5.80. The van der Waals surface area contributed by atoms with Gasteiger partial charge in [0.25, 0.3) is 11.6 Å². The number of aromatic nitrogens is 1. The molecule has 5 aromatic rings. The second-order valence-electron chi connectivity index (χ2n) is 9.67. The molecule has 1 heterocycles. The van der Waals surface area contributed by atoms with E-state index in [9.17, 15) is 19.7 Å². The number of nitrogens with one attached hydrogen (secondary N) is 2. The van der Waals surface area contributed by atoms with Crippen LogP contribution < -0.4 is 19.8 Å². The summed E-state index contributed by atoms with van der Waals surface area (Å²) in [5, 5.41) is 15.9. The van der Waals surface area contributed by atoms with E-state index in [1.807, 2.05) is 67.5 Å². The summed E-state index contributed by atoms with van der Waals surface area (Å²) >= 11 is 0. The highest BCUT2D eigenvalue weighted by Crippen LogP contribution is 2.35. The lowest BCUT2D eigenvalue weighted by Gasteiger charge is -2.12. The molecular formula is C32H27N5O6. The molecule has 0 fully saturated rings. The highest BCUT2D eigenvalue weighted by atomic mass is 16.6. The summed E-state index contributed by atoms with van der Waals surface area (Å²) in [6, 6.07) is 25.5. The van der Waals surface area contributed by atoms with Crippen LogP contribution in [-0.2, 0) is 0 Å². The number of benzene rings is 4. The number of hydrogen-bond acceptors (Lipinski definition) is 8. The Morgan fingerprint density at radius 3 is 2.37 bits per heavy atom. The summed E-state index contributed by atoms with van der Waals surface area (Å²) in [6.45, 7) is 0. The van der Waals surface area contributed by atoms with Crippen LogP contribution in [0.5, 0.6) is 11.5 Å². The van der Waals surface area contributed by atoms with E-state index in [-0.39, 0.29) is 22.7 Å². The average Bonchev–Trinajstić information content (AvgIpc) is 3.41. The normalized spacial score (nSPS) is 11.0. The zero-order valence-electron chi connectivity index (χ0n) is 23.5. The SMILES string of the molecule is COc1cc(C=NNC(=O)c2[nH]c3ccc(N(C)C)cc3c2-c2ccccc2)ccc1OC(=O)c1ccc([N+](=O)[O-])cc1. The van der Waals surface area contributed by atoms with Crippen LogP contribution in [0.3, 0.4) is 0 Å². The van der Waals surface area contributed by atoms with Gasteiger partial charge in [0.2, 0.25) is 0 Å². The molecule has 0 aliphatic carbocycles. The van der Waals surface area contributed by atoms with Gasteiger partial charge in [-0.25, -0.2) is 10.2 Å². The third kappa shape index (κ3) is 6.20. The van der Waals surface area contributed by atoms with Crippen molar-refractivity contribution in [3.8, 4) is 22.6 Å². The maximum Gasteiger partial charge on any atom is 0.343 e. The minimum Gasteiger partial charge on any atom is -0.493 e. The van der Waals surface area contributed by atoms with E-state index >= 15 is 0 Å². The molecule has 216 valence electrons. The monoisotopic (exact) mass is 577 g/mol. The first-order valence-electron chi connectivity index (χ1n) is 13.1. The number of hydrogen-bond donors (Lipinski definition) is 2. The van der Waals surface area contributed by atoms with E-state index in [4.69, 9.17) is 9.47 Å². The number of nitro groups is 1. The Morgan fingerprint density at radius 2 is 1.70 bits per heavy atom. The van der Waals surface area contributed by atoms with Crippen molar-refractivity contribution < 1.29 is 24.0 Å². The molecule has 4 aromatic carbocycles. The molecule has 0 saturated carbocycles. The van der Waals surface area contributed by atoms with E-state index < -0.39 is 16.8 Å². The summed E-state index contributed by atoms with van der Waals surface area (Å²) in [6.07, 6.45) is 1.44. The largest absolute Gasteiger partial charge is 0.493 e. The minimum atomic E-state index is -0.702. The fourth-order valence-electron chi connectivity index (χ4n) is 4.48. The summed E-state index contributed by atoms with van der Waals surface area (Å²) in [5.74, 6) is -0.718. The fourth-order valence-corrected chi connectivity index (χ4v) is 4.48. The number of non-ortho nitro benzene ring substituents is 1. The number of ether oxygens (including phenoxy) is 2. The maximum atomic E-state index is 13.3. The van der Waals surface area contributed by atoms with Gasteiger partial charge in [0.05, 0.1) is 23.8 Å². The molecule has 43 heavy (non-hydrogen) atoms. The molecule has 11 heteroatoms. The number of hydrazone groups is 1. The number of rotatable bonds is 9. The predicted molar refractivity (Wildman–Crippen MR) is 164 cm³/mol. The Hall–Kier alpha value is -5.97. The van der Waals surface area contributed by atoms with Gasteiger partial charge in [-0.3, -0.25) is 14.9 Å². The van der Waals surface area contributed by atoms with Gasteiger partial charge in [-0.05, 0) is 59.7 Å². The van der Waals surface area contributed by atoms with Crippen molar-refractivity contribution in [1.29, 1.82) is 0 Å². The van der Waals surface area contributed by atoms with Crippen LogP contribution in [0.15, 0.2) is 96.1 Å². The topological polar surface area (TPSA) is 139 Å². The maximum absolute atomic E-state index is 13.3. The molecule has 1 aromatic heterocycles. The van der Waals surface area contributed by atoms with Crippen LogP contribution in [0.25, 0.3) is 22.0 Å². The zero-order valence-corrected chi connectivity index (χ0v) is 23.5. The molecule has 5 rings (SSSR count). The van der Waals surface area contributed by atoms with E-state index in [0.717, 1.165) is 27.7 Å². The summed E-state index contributed by atoms with van der Waals surface area (Å²) in [4.78, 5) is 41.4. The number of fused-ring (bicyclic) bond motifs is 1. The van der Waals surface area contributed by atoms with Gasteiger partial charge >= 0.3 is 5.97 Å². The highest BCUT2D eigenvalue weighted by molar-refractivity contribution is 6.10. The Kier molecular flexibility index (Phi) is 8.15. The zero-order chi connectivity index (χ0) is 30.5. The molecule has 0 aliphatic rings. The summed E-state index contributed by atoms with van der Waals surface area (Å²) in [5.41, 5.74) is 7.03. The van der Waals surface area contributed by atoms with E-state index in [1.165, 1.54) is 43.7 Å². The Labute approximate surface area is 246 Å². The number of nitro benzene ring substituents is 1. The van der Waals surface area contributed by atoms with Crippen molar-refractivity contribution in [2.24, 2.45) is 5.10 Å². The highest BCUT2D eigenvalue weighted by Gasteiger charge is 2.20. The first-order chi connectivity index (χ1) is 20.7. The number of methoxy groups -OCH3 is 1. The van der Waals surface area contributed by atoms with Gasteiger partial charge in [0.1, 0.15) is 5.69 Å². The van der Waals surface area contributed by atoms with E-state index in [0.29, 0.717) is 11.3 Å². The van der Waals surface area contributed by atoms with Crippen LogP contribution in [0.1, 0.15) is 26.4 Å². The van der Waals surface area contributed by atoms with Gasteiger partial charge in [-0.2, -0.15) is 5.10 Å². The standard InChI is InChI=1S/C32H27N5O6/c1-36(2)24-14-15-26-25(18-24)29(21-7-5-4-6-8-21)30(34-26)31(38)35-33-19-20-9-16-27(28(17-20)42-3)43-32(39)22-10-12-23(13-11-22)37(40)41/h4-19,34H,1-3H3,(H,35,38). The lowest BCUT2D eigenvalue weighted by molar-refractivity contribution is -0.384. The molecule has 11 nitrogen and oxygen atoms in total. The summed E-state index contributed by atoms with van der Waals surface area (Å²) < 4.78 is 10.8. The third-order valence-corrected chi connectivity index (χ3v) is 6.67. The van der Waals surface area contributed by atoms with Gasteiger partial charge in [-0.1, -0.05) is 30.3 Å². The number of anilines is 1. The molecule has 2 N–H and O–H groups in total. The van der Waals surface area contributed by atoms with E-state index in [2.05, 4.69) is 15.5 Å². The second kappa shape index (κ2) is 12.3. The number of carbonyl (C=O) groups is 2. The van der Waals surface area contributed by atoms with Gasteiger partial charge in [0, 0.05) is 48.4 Å². The van der Waals surface area contributed by atoms with Crippen LogP contribution in [-0.4, -0.2) is 49.2 Å². The third-order valence-electron chi connectivity index (χ3n) is 6.67. The molecular weight excluding hydrogens is 550 g/mol. The second-order valence-corrected chi connectivity index (χ2v) is 9.67. The molecule has 0 bridgehead atoms. The first-order valence-corrected chi connectivity index (χ1v) is 13.1. The van der Waals surface area contributed by atoms with Gasteiger partial charge in [-0.15, -0.1) is 0 Å². The molecule has 0 unspecified atom stereocenters. The van der Waals surface area contributed by atoms with Crippen molar-refractivity contribution in [1.82, 2.24) is 10.4 Å². The first kappa shape index (κ1) is 28.6. The summed E-state index contributed by atoms with van der Waals surface area (Å²) in [7, 11) is 5.34. The van der Waals surface area contributed by atoms with Crippen LogP contribution in [0.2, 0.25) is 0 Å². The molecule has 0 saturated heterocycles. The quantitative estimate of drug-likeness (QED) is 0.0742. The van der Waals surface area contributed by atoms with Gasteiger partial charge < -0.3 is 19.4 Å². The fraction of sp³-hybridized carbons (Fsp3) is 0.0938. The Bertz CT molecular complexity index is 1850. The molecule has 0 atom stereocenters. The number of amides is 1. The number of esters is 1. The minimum absolute atomic E-state index is 0.135. The Balaban J connectivity index is 1.34. The average molecular weight is 578 g/mol. The van der Waals surface area contributed by atoms with Crippen molar-refractivity contribution in [3.63, 3.8) is 0 Å². The molecule has 1 amide bonds. The molecule has 0 radical (unpaired) electrons. The number of nitrogens with zero attached hydrogens (tertiary/aromatic N) is 3. The number of aromatic amines is 1. The van der Waals surface area contributed by atoms with Crippen LogP contribution in [0.4, 0.5) is 11.4 Å². The van der Waals surface area contributed by atoms with E-state index in [1.54, 1.807) is 12.1 Å². The van der Waals surface area contributed by atoms with Crippen LogP contribution >= 0.6 is 0 Å². The van der Waals surface area contributed by atoms with Crippen molar-refractivity contribution in [2.45, 2.75) is 0 Å².